The molecule has 6 rings (SSSR count). The summed E-state index contributed by atoms with van der Waals surface area (Å²) in [4.78, 5) is 23.8. The number of hydrogen-bond acceptors (Lipinski definition) is 4. The summed E-state index contributed by atoms with van der Waals surface area (Å²) in [5.41, 5.74) is 0.329. The number of nitrogens with zero attached hydrogens (tertiary/aromatic N) is 3. The highest BCUT2D eigenvalue weighted by atomic mass is 16.1. The van der Waals surface area contributed by atoms with E-state index in [0.29, 0.717) is 5.41 Å². The van der Waals surface area contributed by atoms with Crippen LogP contribution in [0.2, 0.25) is 0 Å². The molecular weight excluding hydrogens is 324 g/mol. The second-order valence-corrected chi connectivity index (χ2v) is 9.50. The number of carbonyl (C=O) groups excluding carboxylic acids is 1. The summed E-state index contributed by atoms with van der Waals surface area (Å²) in [6.45, 7) is 1.81. The maximum atomic E-state index is 12.9. The fourth-order valence-electron chi connectivity index (χ4n) is 6.86. The Hall–Kier alpha value is -1.65. The van der Waals surface area contributed by atoms with Gasteiger partial charge in [0.25, 0.3) is 0 Å². The van der Waals surface area contributed by atoms with Gasteiger partial charge in [-0.15, -0.1) is 0 Å². The molecular formula is C21H30N4O. The van der Waals surface area contributed by atoms with Gasteiger partial charge in [0.15, 0.2) is 0 Å². The van der Waals surface area contributed by atoms with Crippen molar-refractivity contribution >= 4 is 11.9 Å². The van der Waals surface area contributed by atoms with Crippen molar-refractivity contribution in [2.75, 3.05) is 18.0 Å². The van der Waals surface area contributed by atoms with Crippen molar-refractivity contribution in [2.24, 2.45) is 23.2 Å². The topological polar surface area (TPSA) is 58.1 Å². The number of hydrogen-bond donors (Lipinski definition) is 1. The van der Waals surface area contributed by atoms with Crippen LogP contribution < -0.4 is 10.2 Å². The summed E-state index contributed by atoms with van der Waals surface area (Å²) in [5.74, 6) is 3.80. The highest BCUT2D eigenvalue weighted by Gasteiger charge is 2.51. The molecule has 1 aromatic rings. The SMILES string of the molecule is O=C(CC12CC3CC(CC(C3)C1)C2)N[C@H]1CCCN(c2ncccn2)C1. The molecule has 26 heavy (non-hydrogen) atoms. The molecule has 5 heteroatoms. The molecule has 1 aliphatic heterocycles. The van der Waals surface area contributed by atoms with E-state index in [0.717, 1.165) is 56.1 Å². The van der Waals surface area contributed by atoms with Crippen LogP contribution in [0.15, 0.2) is 18.5 Å². The minimum Gasteiger partial charge on any atom is -0.352 e. The van der Waals surface area contributed by atoms with Gasteiger partial charge in [-0.3, -0.25) is 4.79 Å². The summed E-state index contributed by atoms with van der Waals surface area (Å²) in [7, 11) is 0. The second-order valence-electron chi connectivity index (χ2n) is 9.50. The highest BCUT2D eigenvalue weighted by molar-refractivity contribution is 5.77. The fourth-order valence-corrected chi connectivity index (χ4v) is 6.86. The van der Waals surface area contributed by atoms with Crippen molar-refractivity contribution in [1.29, 1.82) is 0 Å². The van der Waals surface area contributed by atoms with Gasteiger partial charge >= 0.3 is 0 Å². The third kappa shape index (κ3) is 3.21. The van der Waals surface area contributed by atoms with Crippen LogP contribution >= 0.6 is 0 Å². The molecule has 2 heterocycles. The zero-order chi connectivity index (χ0) is 17.6. The van der Waals surface area contributed by atoms with Gasteiger partial charge in [0.1, 0.15) is 0 Å². The first-order valence-corrected chi connectivity index (χ1v) is 10.5. The Morgan fingerprint density at radius 1 is 1.12 bits per heavy atom. The van der Waals surface area contributed by atoms with E-state index in [1.807, 2.05) is 6.07 Å². The number of nitrogens with one attached hydrogen (secondary N) is 1. The van der Waals surface area contributed by atoms with Crippen LogP contribution in [0.5, 0.6) is 0 Å². The molecule has 1 atom stereocenters. The van der Waals surface area contributed by atoms with Gasteiger partial charge in [-0.2, -0.15) is 0 Å². The Balaban J connectivity index is 1.19. The Labute approximate surface area is 156 Å². The van der Waals surface area contributed by atoms with Crippen molar-refractivity contribution in [1.82, 2.24) is 15.3 Å². The smallest absolute Gasteiger partial charge is 0.225 e. The molecule has 0 radical (unpaired) electrons. The molecule has 4 aliphatic carbocycles. The predicted molar refractivity (Wildman–Crippen MR) is 101 cm³/mol. The number of amides is 1. The minimum absolute atomic E-state index is 0.231. The van der Waals surface area contributed by atoms with Crippen molar-refractivity contribution in [3.63, 3.8) is 0 Å². The van der Waals surface area contributed by atoms with Crippen LogP contribution in [0.1, 0.15) is 57.8 Å². The molecule has 5 aliphatic rings. The van der Waals surface area contributed by atoms with Crippen LogP contribution in [-0.2, 0) is 4.79 Å². The van der Waals surface area contributed by atoms with Gasteiger partial charge in [-0.05, 0) is 80.6 Å². The summed E-state index contributed by atoms with van der Waals surface area (Å²) in [6.07, 6.45) is 14.7. The van der Waals surface area contributed by atoms with E-state index >= 15 is 0 Å². The molecule has 1 amide bonds. The van der Waals surface area contributed by atoms with Crippen LogP contribution in [0.3, 0.4) is 0 Å². The van der Waals surface area contributed by atoms with E-state index in [2.05, 4.69) is 20.2 Å². The molecule has 5 fully saturated rings. The number of rotatable bonds is 4. The van der Waals surface area contributed by atoms with Crippen molar-refractivity contribution in [3.8, 4) is 0 Å². The summed E-state index contributed by atoms with van der Waals surface area (Å²) < 4.78 is 0. The van der Waals surface area contributed by atoms with Gasteiger partial charge in [-0.1, -0.05) is 0 Å². The Kier molecular flexibility index (Phi) is 4.13. The van der Waals surface area contributed by atoms with Crippen LogP contribution in [0, 0.1) is 23.2 Å². The van der Waals surface area contributed by atoms with E-state index in [-0.39, 0.29) is 11.9 Å². The number of aromatic nitrogens is 2. The zero-order valence-electron chi connectivity index (χ0n) is 15.6. The molecule has 4 saturated carbocycles. The molecule has 1 N–H and O–H groups in total. The van der Waals surface area contributed by atoms with Crippen molar-refractivity contribution in [2.45, 2.75) is 63.8 Å². The van der Waals surface area contributed by atoms with E-state index in [4.69, 9.17) is 0 Å². The lowest BCUT2D eigenvalue weighted by Crippen LogP contribution is -2.51. The summed E-state index contributed by atoms with van der Waals surface area (Å²) >= 11 is 0. The second kappa shape index (κ2) is 6.50. The van der Waals surface area contributed by atoms with Crippen molar-refractivity contribution in [3.05, 3.63) is 18.5 Å². The maximum absolute atomic E-state index is 12.9. The first-order valence-electron chi connectivity index (χ1n) is 10.5. The van der Waals surface area contributed by atoms with Gasteiger partial charge in [0.05, 0.1) is 0 Å². The fraction of sp³-hybridized carbons (Fsp3) is 0.762. The highest BCUT2D eigenvalue weighted by Crippen LogP contribution is 2.61. The van der Waals surface area contributed by atoms with Crippen molar-refractivity contribution < 1.29 is 4.79 Å². The molecule has 0 aromatic carbocycles. The molecule has 5 nitrogen and oxygen atoms in total. The maximum Gasteiger partial charge on any atom is 0.225 e. The van der Waals surface area contributed by atoms with Crippen LogP contribution in [0.25, 0.3) is 0 Å². The Morgan fingerprint density at radius 2 is 1.77 bits per heavy atom. The van der Waals surface area contributed by atoms with E-state index in [1.54, 1.807) is 12.4 Å². The quantitative estimate of drug-likeness (QED) is 0.902. The number of carbonyl (C=O) groups is 1. The predicted octanol–water partition coefficient (Wildman–Crippen LogP) is 3.17. The lowest BCUT2D eigenvalue weighted by molar-refractivity contribution is -0.130. The van der Waals surface area contributed by atoms with Crippen LogP contribution in [-0.4, -0.2) is 35.0 Å². The van der Waals surface area contributed by atoms with Gasteiger partial charge < -0.3 is 10.2 Å². The largest absolute Gasteiger partial charge is 0.352 e. The van der Waals surface area contributed by atoms with Crippen LogP contribution in [0.4, 0.5) is 5.95 Å². The summed E-state index contributed by atoms with van der Waals surface area (Å²) in [6, 6.07) is 2.08. The molecule has 4 bridgehead atoms. The van der Waals surface area contributed by atoms with Gasteiger partial charge in [-0.25, -0.2) is 9.97 Å². The summed E-state index contributed by atoms with van der Waals surface area (Å²) in [5, 5.41) is 3.36. The number of anilines is 1. The van der Waals surface area contributed by atoms with E-state index in [1.165, 1.54) is 38.5 Å². The molecule has 0 spiro atoms. The normalized spacial score (nSPS) is 38.4. The first kappa shape index (κ1) is 16.5. The first-order chi connectivity index (χ1) is 12.7. The lowest BCUT2D eigenvalue weighted by atomic mass is 9.49. The molecule has 1 aromatic heterocycles. The van der Waals surface area contributed by atoms with Gasteiger partial charge in [0, 0.05) is 37.9 Å². The average Bonchev–Trinajstić information content (AvgIpc) is 2.61. The lowest BCUT2D eigenvalue weighted by Gasteiger charge is -2.56. The van der Waals surface area contributed by atoms with E-state index in [9.17, 15) is 4.79 Å². The average molecular weight is 354 g/mol. The third-order valence-electron chi connectivity index (χ3n) is 7.32. The minimum atomic E-state index is 0.231. The molecule has 140 valence electrons. The Morgan fingerprint density at radius 3 is 2.42 bits per heavy atom. The Bertz CT molecular complexity index is 626. The number of piperidine rings is 1. The molecule has 1 saturated heterocycles. The monoisotopic (exact) mass is 354 g/mol. The zero-order valence-corrected chi connectivity index (χ0v) is 15.6. The third-order valence-corrected chi connectivity index (χ3v) is 7.32. The van der Waals surface area contributed by atoms with Gasteiger partial charge in [0.2, 0.25) is 11.9 Å². The standard InChI is InChI=1S/C21H30N4O/c26-19(13-21-10-15-7-16(11-21)9-17(8-15)12-21)24-18-3-1-6-25(14-18)20-22-4-2-5-23-20/h2,4-5,15-18H,1,3,6-14H2,(H,24,26)/t15?,16?,17?,18-,21?/m0/s1. The van der Waals surface area contributed by atoms with E-state index < -0.39 is 0 Å². The molecule has 0 unspecified atom stereocenters.